The molecule has 0 saturated carbocycles. The quantitative estimate of drug-likeness (QED) is 0.429. The summed E-state index contributed by atoms with van der Waals surface area (Å²) in [5, 5.41) is 2.92. The minimum Gasteiger partial charge on any atom is -0.356 e. The van der Waals surface area contributed by atoms with Gasteiger partial charge in [-0.25, -0.2) is 4.21 Å². The second kappa shape index (κ2) is 12.6. The fourth-order valence-corrected chi connectivity index (χ4v) is 2.28. The Balaban J connectivity index is 3.11. The monoisotopic (exact) mass is 291 g/mol. The van der Waals surface area contributed by atoms with Gasteiger partial charge in [-0.2, -0.15) is 0 Å². The van der Waals surface area contributed by atoms with Gasteiger partial charge >= 0.3 is 0 Å². The van der Waals surface area contributed by atoms with Crippen molar-refractivity contribution in [1.82, 2.24) is 5.32 Å². The summed E-state index contributed by atoms with van der Waals surface area (Å²) >= 11 is -1.62. The van der Waals surface area contributed by atoms with Gasteiger partial charge in [0.2, 0.25) is 5.91 Å². The fraction of sp³-hybridized carbons (Fsp3) is 0.929. The maximum atomic E-state index is 11.3. The van der Waals surface area contributed by atoms with Crippen LogP contribution in [0.2, 0.25) is 0 Å². The van der Waals surface area contributed by atoms with Gasteiger partial charge in [-0.3, -0.25) is 4.79 Å². The van der Waals surface area contributed by atoms with Crippen LogP contribution in [0, 0.1) is 5.92 Å². The summed E-state index contributed by atoms with van der Waals surface area (Å²) in [6, 6.07) is 0. The lowest BCUT2D eigenvalue weighted by atomic mass is 10.1. The Hall–Kier alpha value is -0.420. The highest BCUT2D eigenvalue weighted by Crippen LogP contribution is 2.08. The second-order valence-corrected chi connectivity index (χ2v) is 6.35. The van der Waals surface area contributed by atoms with E-state index in [1.165, 1.54) is 25.7 Å². The van der Waals surface area contributed by atoms with E-state index in [1.54, 1.807) is 0 Å². The molecule has 0 radical (unpaired) electrons. The maximum Gasteiger partial charge on any atom is 0.222 e. The number of amides is 1. The number of hydrogen-bond acceptors (Lipinski definition) is 2. The van der Waals surface area contributed by atoms with Crippen LogP contribution in [-0.2, 0) is 15.9 Å². The first-order chi connectivity index (χ1) is 9.04. The first-order valence-electron chi connectivity index (χ1n) is 7.39. The average molecular weight is 291 g/mol. The molecular formula is C14H29NO3S. The van der Waals surface area contributed by atoms with Crippen LogP contribution < -0.4 is 5.32 Å². The zero-order chi connectivity index (χ0) is 14.5. The highest BCUT2D eigenvalue weighted by molar-refractivity contribution is 7.79. The summed E-state index contributed by atoms with van der Waals surface area (Å²) in [5.74, 6) is 0.629. The zero-order valence-electron chi connectivity index (χ0n) is 12.3. The van der Waals surface area contributed by atoms with Gasteiger partial charge in [0.1, 0.15) is 0 Å². The largest absolute Gasteiger partial charge is 0.356 e. The molecule has 19 heavy (non-hydrogen) atoms. The molecule has 0 heterocycles. The summed E-state index contributed by atoms with van der Waals surface area (Å²) in [7, 11) is 0. The molecule has 0 aliphatic rings. The van der Waals surface area contributed by atoms with Crippen LogP contribution in [0.15, 0.2) is 0 Å². The van der Waals surface area contributed by atoms with Crippen LogP contribution in [0.5, 0.6) is 0 Å². The second-order valence-electron chi connectivity index (χ2n) is 5.30. The predicted octanol–water partition coefficient (Wildman–Crippen LogP) is 3.10. The van der Waals surface area contributed by atoms with Crippen LogP contribution in [0.1, 0.15) is 65.2 Å². The topological polar surface area (TPSA) is 66.4 Å². The number of carbonyl (C=O) groups is 1. The lowest BCUT2D eigenvalue weighted by Gasteiger charge is -2.07. The van der Waals surface area contributed by atoms with Gasteiger partial charge in [-0.05, 0) is 12.8 Å². The van der Waals surface area contributed by atoms with Crippen molar-refractivity contribution in [2.75, 3.05) is 12.3 Å². The summed E-state index contributed by atoms with van der Waals surface area (Å²) in [6.07, 6.45) is 8.92. The van der Waals surface area contributed by atoms with E-state index in [0.717, 1.165) is 32.2 Å². The molecule has 1 unspecified atom stereocenters. The normalized spacial score (nSPS) is 12.6. The molecule has 2 N–H and O–H groups in total. The van der Waals surface area contributed by atoms with E-state index in [0.29, 0.717) is 5.75 Å². The molecule has 0 spiro atoms. The SMILES string of the molecule is CC(C)C(=O)NCCCCCCCCCCS(=O)O. The first kappa shape index (κ1) is 18.6. The van der Waals surface area contributed by atoms with Crippen molar-refractivity contribution in [1.29, 1.82) is 0 Å². The Morgan fingerprint density at radius 2 is 1.47 bits per heavy atom. The summed E-state index contributed by atoms with van der Waals surface area (Å²) in [4.78, 5) is 11.3. The lowest BCUT2D eigenvalue weighted by Crippen LogP contribution is -2.28. The molecule has 1 atom stereocenters. The molecule has 5 heteroatoms. The van der Waals surface area contributed by atoms with E-state index in [1.807, 2.05) is 13.8 Å². The fourth-order valence-electron chi connectivity index (χ4n) is 1.83. The lowest BCUT2D eigenvalue weighted by molar-refractivity contribution is -0.123. The number of hydrogen-bond donors (Lipinski definition) is 2. The summed E-state index contributed by atoms with van der Waals surface area (Å²) in [6.45, 7) is 4.60. The predicted molar refractivity (Wildman–Crippen MR) is 80.4 cm³/mol. The third-order valence-electron chi connectivity index (χ3n) is 3.07. The highest BCUT2D eigenvalue weighted by atomic mass is 32.2. The van der Waals surface area contributed by atoms with E-state index in [-0.39, 0.29) is 11.8 Å². The number of nitrogens with one attached hydrogen (secondary N) is 1. The van der Waals surface area contributed by atoms with Gasteiger partial charge < -0.3 is 9.87 Å². The Morgan fingerprint density at radius 3 is 1.95 bits per heavy atom. The van der Waals surface area contributed by atoms with Crippen molar-refractivity contribution in [2.45, 2.75) is 65.2 Å². The maximum absolute atomic E-state index is 11.3. The van der Waals surface area contributed by atoms with Crippen LogP contribution in [-0.4, -0.2) is 27.0 Å². The van der Waals surface area contributed by atoms with Crippen molar-refractivity contribution in [2.24, 2.45) is 5.92 Å². The van der Waals surface area contributed by atoms with Crippen molar-refractivity contribution in [3.8, 4) is 0 Å². The molecule has 1 amide bonds. The summed E-state index contributed by atoms with van der Waals surface area (Å²) in [5.41, 5.74) is 0. The minimum absolute atomic E-state index is 0.0771. The zero-order valence-corrected chi connectivity index (χ0v) is 13.1. The van der Waals surface area contributed by atoms with Gasteiger partial charge in [0.05, 0.1) is 0 Å². The Morgan fingerprint density at radius 1 is 1.00 bits per heavy atom. The molecular weight excluding hydrogens is 262 g/mol. The third-order valence-corrected chi connectivity index (χ3v) is 3.71. The number of rotatable bonds is 12. The molecule has 0 aromatic carbocycles. The molecule has 114 valence electrons. The first-order valence-corrected chi connectivity index (χ1v) is 8.66. The van der Waals surface area contributed by atoms with Crippen molar-refractivity contribution in [3.05, 3.63) is 0 Å². The van der Waals surface area contributed by atoms with Crippen LogP contribution in [0.4, 0.5) is 0 Å². The van der Waals surface area contributed by atoms with E-state index in [2.05, 4.69) is 5.32 Å². The molecule has 0 rings (SSSR count). The van der Waals surface area contributed by atoms with Crippen molar-refractivity contribution in [3.63, 3.8) is 0 Å². The smallest absolute Gasteiger partial charge is 0.222 e. The Kier molecular flexibility index (Phi) is 12.3. The highest BCUT2D eigenvalue weighted by Gasteiger charge is 2.04. The van der Waals surface area contributed by atoms with Gasteiger partial charge in [-0.15, -0.1) is 0 Å². The number of unbranched alkanes of at least 4 members (excludes halogenated alkanes) is 7. The van der Waals surface area contributed by atoms with Crippen LogP contribution >= 0.6 is 0 Å². The van der Waals surface area contributed by atoms with Gasteiger partial charge in [0, 0.05) is 18.2 Å². The van der Waals surface area contributed by atoms with Gasteiger partial charge in [0.15, 0.2) is 11.1 Å². The van der Waals surface area contributed by atoms with E-state index in [9.17, 15) is 9.00 Å². The molecule has 0 aliphatic heterocycles. The molecule has 0 fully saturated rings. The van der Waals surface area contributed by atoms with Crippen molar-refractivity contribution < 1.29 is 13.6 Å². The van der Waals surface area contributed by atoms with E-state index < -0.39 is 11.1 Å². The third kappa shape index (κ3) is 13.8. The van der Waals surface area contributed by atoms with Gasteiger partial charge in [0.25, 0.3) is 0 Å². The molecule has 4 nitrogen and oxygen atoms in total. The van der Waals surface area contributed by atoms with Crippen LogP contribution in [0.3, 0.4) is 0 Å². The molecule has 0 bridgehead atoms. The number of carbonyl (C=O) groups excluding carboxylic acids is 1. The van der Waals surface area contributed by atoms with E-state index in [4.69, 9.17) is 4.55 Å². The minimum atomic E-state index is -1.62. The average Bonchev–Trinajstić information content (AvgIpc) is 2.35. The standard InChI is InChI=1S/C14H29NO3S/c1-13(2)14(16)15-11-9-7-5-3-4-6-8-10-12-19(17)18/h13H,3-12H2,1-2H3,(H,15,16)(H,17,18). The molecule has 0 aromatic rings. The molecule has 0 aromatic heterocycles. The Labute approximate surface area is 120 Å². The van der Waals surface area contributed by atoms with Gasteiger partial charge in [-0.1, -0.05) is 52.4 Å². The van der Waals surface area contributed by atoms with E-state index >= 15 is 0 Å². The summed E-state index contributed by atoms with van der Waals surface area (Å²) < 4.78 is 19.0. The van der Waals surface area contributed by atoms with Crippen LogP contribution in [0.25, 0.3) is 0 Å². The molecule has 0 aliphatic carbocycles. The van der Waals surface area contributed by atoms with Crippen molar-refractivity contribution >= 4 is 17.0 Å². The molecule has 0 saturated heterocycles. The Bertz CT molecular complexity index is 257.